The Bertz CT molecular complexity index is 663. The van der Waals surface area contributed by atoms with Crippen LogP contribution in [0.3, 0.4) is 0 Å². The number of halogens is 1. The third-order valence-corrected chi connectivity index (χ3v) is 3.69. The molecule has 108 valence electrons. The van der Waals surface area contributed by atoms with E-state index in [-0.39, 0.29) is 5.91 Å². The molecule has 0 spiro atoms. The highest BCUT2D eigenvalue weighted by Crippen LogP contribution is 2.11. The monoisotopic (exact) mass is 344 g/mol. The lowest BCUT2D eigenvalue weighted by Gasteiger charge is -2.04. The van der Waals surface area contributed by atoms with Gasteiger partial charge in [0.1, 0.15) is 0 Å². The maximum absolute atomic E-state index is 12.0. The van der Waals surface area contributed by atoms with Crippen molar-refractivity contribution in [3.05, 3.63) is 69.7 Å². The Morgan fingerprint density at radius 2 is 1.86 bits per heavy atom. The molecule has 1 amide bonds. The van der Waals surface area contributed by atoms with E-state index < -0.39 is 0 Å². The summed E-state index contributed by atoms with van der Waals surface area (Å²) in [7, 11) is 0. The Morgan fingerprint density at radius 3 is 2.48 bits per heavy atom. The summed E-state index contributed by atoms with van der Waals surface area (Å²) < 4.78 is 0.867. The number of nitrogens with one attached hydrogen (secondary N) is 1. The van der Waals surface area contributed by atoms with E-state index in [0.29, 0.717) is 5.56 Å². The Labute approximate surface area is 133 Å². The number of hydrogen-bond donors (Lipinski definition) is 1. The first kappa shape index (κ1) is 15.4. The van der Waals surface area contributed by atoms with Gasteiger partial charge < -0.3 is 0 Å². The molecule has 0 aromatic heterocycles. The molecule has 3 nitrogen and oxygen atoms in total. The van der Waals surface area contributed by atoms with Crippen LogP contribution in [0.15, 0.2) is 58.1 Å². The van der Waals surface area contributed by atoms with Crippen LogP contribution in [0.5, 0.6) is 0 Å². The van der Waals surface area contributed by atoms with Crippen LogP contribution in [0.4, 0.5) is 0 Å². The predicted molar refractivity (Wildman–Crippen MR) is 89.6 cm³/mol. The fraction of sp³-hybridized carbons (Fsp3) is 0.176. The molecule has 0 unspecified atom stereocenters. The van der Waals surface area contributed by atoms with Gasteiger partial charge in [0.25, 0.3) is 5.91 Å². The number of rotatable bonds is 4. The minimum atomic E-state index is -0.221. The lowest BCUT2D eigenvalue weighted by atomic mass is 10.1. The summed E-state index contributed by atoms with van der Waals surface area (Å²) in [5.41, 5.74) is 6.22. The number of amides is 1. The minimum absolute atomic E-state index is 0.221. The van der Waals surface area contributed by atoms with Crippen molar-refractivity contribution >= 4 is 27.5 Å². The van der Waals surface area contributed by atoms with Gasteiger partial charge in [0, 0.05) is 10.0 Å². The summed E-state index contributed by atoms with van der Waals surface area (Å²) in [4.78, 5) is 12.0. The fourth-order valence-electron chi connectivity index (χ4n) is 1.88. The van der Waals surface area contributed by atoms with E-state index >= 15 is 0 Å². The van der Waals surface area contributed by atoms with Crippen LogP contribution in [0.1, 0.15) is 35.3 Å². The zero-order valence-electron chi connectivity index (χ0n) is 12.1. The van der Waals surface area contributed by atoms with Gasteiger partial charge in [-0.1, -0.05) is 53.2 Å². The number of nitrogens with zero attached hydrogens (tertiary/aromatic N) is 1. The summed E-state index contributed by atoms with van der Waals surface area (Å²) in [6, 6.07) is 15.4. The van der Waals surface area contributed by atoms with Gasteiger partial charge in [0.15, 0.2) is 0 Å². The van der Waals surface area contributed by atoms with Crippen molar-refractivity contribution in [1.29, 1.82) is 0 Å². The minimum Gasteiger partial charge on any atom is -0.267 e. The topological polar surface area (TPSA) is 41.5 Å². The number of carbonyl (C=O) groups is 1. The van der Waals surface area contributed by atoms with Crippen molar-refractivity contribution in [3.8, 4) is 0 Å². The molecule has 0 aliphatic rings. The molecular weight excluding hydrogens is 328 g/mol. The van der Waals surface area contributed by atoms with Gasteiger partial charge in [-0.2, -0.15) is 5.10 Å². The largest absolute Gasteiger partial charge is 0.271 e. The molecule has 2 aromatic carbocycles. The van der Waals surface area contributed by atoms with Crippen LogP contribution in [-0.2, 0) is 6.42 Å². The smallest absolute Gasteiger partial charge is 0.267 e. The highest BCUT2D eigenvalue weighted by Gasteiger charge is 2.05. The maximum Gasteiger partial charge on any atom is 0.271 e. The first-order valence-electron chi connectivity index (χ1n) is 6.79. The Kier molecular flexibility index (Phi) is 5.28. The molecule has 1 N–H and O–H groups in total. The molecule has 0 aliphatic carbocycles. The van der Waals surface area contributed by atoms with Gasteiger partial charge in [-0.25, -0.2) is 5.43 Å². The molecule has 0 heterocycles. The van der Waals surface area contributed by atoms with Crippen molar-refractivity contribution in [2.45, 2.75) is 20.3 Å². The summed E-state index contributed by atoms with van der Waals surface area (Å²) in [6.07, 6.45) is 1.01. The lowest BCUT2D eigenvalue weighted by molar-refractivity contribution is 0.0955. The van der Waals surface area contributed by atoms with Crippen LogP contribution < -0.4 is 5.43 Å². The third kappa shape index (κ3) is 4.26. The Balaban J connectivity index is 2.07. The predicted octanol–water partition coefficient (Wildman–Crippen LogP) is 4.17. The van der Waals surface area contributed by atoms with Crippen molar-refractivity contribution < 1.29 is 4.79 Å². The highest BCUT2D eigenvalue weighted by molar-refractivity contribution is 9.10. The molecule has 0 aliphatic heterocycles. The zero-order chi connectivity index (χ0) is 15.2. The van der Waals surface area contributed by atoms with Crippen LogP contribution in [-0.4, -0.2) is 11.6 Å². The summed E-state index contributed by atoms with van der Waals surface area (Å²) >= 11 is 3.34. The number of hydrazone groups is 1. The van der Waals surface area contributed by atoms with E-state index in [1.807, 2.05) is 31.2 Å². The molecule has 0 bridgehead atoms. The second-order valence-corrected chi connectivity index (χ2v) is 5.61. The first-order valence-corrected chi connectivity index (χ1v) is 7.59. The Morgan fingerprint density at radius 1 is 1.14 bits per heavy atom. The van der Waals surface area contributed by atoms with E-state index in [4.69, 9.17) is 0 Å². The van der Waals surface area contributed by atoms with Gasteiger partial charge in [0.05, 0.1) is 5.71 Å². The van der Waals surface area contributed by atoms with E-state index in [0.717, 1.165) is 22.2 Å². The average molecular weight is 345 g/mol. The zero-order valence-corrected chi connectivity index (χ0v) is 13.6. The molecule has 0 radical (unpaired) electrons. The molecule has 2 aromatic rings. The molecule has 4 heteroatoms. The summed E-state index contributed by atoms with van der Waals surface area (Å²) in [5.74, 6) is -0.221. The van der Waals surface area contributed by atoms with Crippen LogP contribution >= 0.6 is 15.9 Å². The lowest BCUT2D eigenvalue weighted by Crippen LogP contribution is -2.19. The Hall–Kier alpha value is -1.94. The quantitative estimate of drug-likeness (QED) is 0.656. The van der Waals surface area contributed by atoms with Crippen molar-refractivity contribution in [1.82, 2.24) is 5.43 Å². The van der Waals surface area contributed by atoms with Crippen LogP contribution in [0.2, 0.25) is 0 Å². The van der Waals surface area contributed by atoms with Gasteiger partial charge in [0.2, 0.25) is 0 Å². The molecule has 2 rings (SSSR count). The van der Waals surface area contributed by atoms with Gasteiger partial charge in [-0.15, -0.1) is 0 Å². The standard InChI is InChI=1S/C17H17BrN2O/c1-3-13-7-9-14(10-8-13)12(2)19-20-17(21)15-5-4-6-16(18)11-15/h4-11H,3H2,1-2H3,(H,20,21)/b19-12+. The molecule has 21 heavy (non-hydrogen) atoms. The number of benzene rings is 2. The summed E-state index contributed by atoms with van der Waals surface area (Å²) in [5, 5.41) is 4.16. The highest BCUT2D eigenvalue weighted by atomic mass is 79.9. The molecule has 0 saturated heterocycles. The van der Waals surface area contributed by atoms with Crippen molar-refractivity contribution in [3.63, 3.8) is 0 Å². The number of carbonyl (C=O) groups excluding carboxylic acids is 1. The van der Waals surface area contributed by atoms with Gasteiger partial charge in [-0.3, -0.25) is 4.79 Å². The third-order valence-electron chi connectivity index (χ3n) is 3.19. The average Bonchev–Trinajstić information content (AvgIpc) is 2.52. The number of aryl methyl sites for hydroxylation is 1. The normalized spacial score (nSPS) is 11.3. The number of hydrogen-bond acceptors (Lipinski definition) is 2. The second kappa shape index (κ2) is 7.18. The summed E-state index contributed by atoms with van der Waals surface area (Å²) in [6.45, 7) is 4.00. The van der Waals surface area contributed by atoms with Crippen molar-refractivity contribution in [2.24, 2.45) is 5.10 Å². The van der Waals surface area contributed by atoms with Crippen LogP contribution in [0.25, 0.3) is 0 Å². The van der Waals surface area contributed by atoms with Crippen LogP contribution in [0, 0.1) is 0 Å². The van der Waals surface area contributed by atoms with E-state index in [9.17, 15) is 4.79 Å². The molecule has 0 fully saturated rings. The van der Waals surface area contributed by atoms with Gasteiger partial charge in [-0.05, 0) is 42.7 Å². The van der Waals surface area contributed by atoms with Gasteiger partial charge >= 0.3 is 0 Å². The first-order chi connectivity index (χ1) is 10.1. The van der Waals surface area contributed by atoms with E-state index in [1.54, 1.807) is 12.1 Å². The maximum atomic E-state index is 12.0. The molecule has 0 atom stereocenters. The van der Waals surface area contributed by atoms with E-state index in [1.165, 1.54) is 5.56 Å². The fourth-order valence-corrected chi connectivity index (χ4v) is 2.27. The SMILES string of the molecule is CCc1ccc(/C(C)=N/NC(=O)c2cccc(Br)c2)cc1. The molecule has 0 saturated carbocycles. The van der Waals surface area contributed by atoms with Crippen molar-refractivity contribution in [2.75, 3.05) is 0 Å². The van der Waals surface area contributed by atoms with E-state index in [2.05, 4.69) is 45.5 Å². The molecular formula is C17H17BrN2O. The second-order valence-electron chi connectivity index (χ2n) is 4.70.